The summed E-state index contributed by atoms with van der Waals surface area (Å²) in [6.07, 6.45) is 0. The van der Waals surface area contributed by atoms with Crippen molar-refractivity contribution in [2.75, 3.05) is 13.2 Å². The largest absolute Gasteiger partial charge is 0.480 e. The number of rotatable bonds is 4. The van der Waals surface area contributed by atoms with Crippen LogP contribution in [0.5, 0.6) is 0 Å². The van der Waals surface area contributed by atoms with Crippen molar-refractivity contribution in [3.63, 3.8) is 0 Å². The fraction of sp³-hybridized carbons (Fsp3) is 0.833. The number of aliphatic carboxylic acids is 1. The molecule has 5 nitrogen and oxygen atoms in total. The number of hydrogen-bond acceptors (Lipinski definition) is 4. The molecule has 0 aromatic heterocycles. The van der Waals surface area contributed by atoms with E-state index in [1.165, 1.54) is 6.92 Å². The van der Waals surface area contributed by atoms with Crippen LogP contribution in [-0.4, -0.2) is 40.5 Å². The molecule has 0 aliphatic heterocycles. The lowest BCUT2D eigenvalue weighted by atomic mass is 9.84. The van der Waals surface area contributed by atoms with Gasteiger partial charge in [0, 0.05) is 5.41 Å². The number of nitrogens with two attached hydrogens (primary N) is 1. The zero-order valence-corrected chi connectivity index (χ0v) is 6.32. The summed E-state index contributed by atoms with van der Waals surface area (Å²) in [4.78, 5) is 10.3. The summed E-state index contributed by atoms with van der Waals surface area (Å²) in [6.45, 7) is 0.514. The number of hydrogen-bond donors (Lipinski definition) is 4. The van der Waals surface area contributed by atoms with E-state index < -0.39 is 30.6 Å². The van der Waals surface area contributed by atoms with Gasteiger partial charge in [-0.1, -0.05) is 6.92 Å². The van der Waals surface area contributed by atoms with Gasteiger partial charge in [0.1, 0.15) is 6.04 Å². The van der Waals surface area contributed by atoms with Gasteiger partial charge >= 0.3 is 5.97 Å². The van der Waals surface area contributed by atoms with Gasteiger partial charge in [0.2, 0.25) is 0 Å². The fourth-order valence-corrected chi connectivity index (χ4v) is 0.545. The van der Waals surface area contributed by atoms with Gasteiger partial charge in [-0.3, -0.25) is 4.79 Å². The van der Waals surface area contributed by atoms with Crippen LogP contribution in [0, 0.1) is 5.41 Å². The minimum atomic E-state index is -1.24. The Hall–Kier alpha value is -0.650. The van der Waals surface area contributed by atoms with Crippen LogP contribution in [0.2, 0.25) is 0 Å². The molecule has 0 saturated heterocycles. The third kappa shape index (κ3) is 2.14. The van der Waals surface area contributed by atoms with E-state index in [0.717, 1.165) is 0 Å². The molecule has 0 aromatic carbocycles. The van der Waals surface area contributed by atoms with Crippen molar-refractivity contribution in [1.29, 1.82) is 0 Å². The van der Waals surface area contributed by atoms with E-state index in [1.807, 2.05) is 0 Å². The number of carboxylic acid groups (broad SMARTS) is 1. The second-order valence-corrected chi connectivity index (χ2v) is 2.79. The Balaban J connectivity index is 4.36. The minimum absolute atomic E-state index is 0.447. The molecule has 11 heavy (non-hydrogen) atoms. The van der Waals surface area contributed by atoms with Gasteiger partial charge in [0.15, 0.2) is 0 Å². The van der Waals surface area contributed by atoms with Gasteiger partial charge in [0.25, 0.3) is 0 Å². The molecule has 1 unspecified atom stereocenters. The number of aliphatic hydroxyl groups is 2. The first-order valence-corrected chi connectivity index (χ1v) is 3.18. The molecule has 0 heterocycles. The molecular formula is C6H13NO4. The van der Waals surface area contributed by atoms with Crippen molar-refractivity contribution in [1.82, 2.24) is 0 Å². The first-order valence-electron chi connectivity index (χ1n) is 3.18. The summed E-state index contributed by atoms with van der Waals surface area (Å²) < 4.78 is 0. The highest BCUT2D eigenvalue weighted by Crippen LogP contribution is 2.17. The number of carbonyl (C=O) groups is 1. The highest BCUT2D eigenvalue weighted by molar-refractivity contribution is 5.74. The average Bonchev–Trinajstić information content (AvgIpc) is 2.01. The molecule has 0 saturated carbocycles. The summed E-state index contributed by atoms with van der Waals surface area (Å²) >= 11 is 0. The lowest BCUT2D eigenvalue weighted by molar-refractivity contribution is -0.143. The van der Waals surface area contributed by atoms with Crippen molar-refractivity contribution in [2.45, 2.75) is 13.0 Å². The average molecular weight is 163 g/mol. The van der Waals surface area contributed by atoms with Gasteiger partial charge in [0.05, 0.1) is 13.2 Å². The van der Waals surface area contributed by atoms with Gasteiger partial charge in [-0.15, -0.1) is 0 Å². The molecule has 66 valence electrons. The van der Waals surface area contributed by atoms with E-state index in [0.29, 0.717) is 0 Å². The molecule has 0 rings (SSSR count). The molecule has 0 aliphatic rings. The van der Waals surface area contributed by atoms with Crippen LogP contribution in [0.1, 0.15) is 6.92 Å². The van der Waals surface area contributed by atoms with Crippen LogP contribution in [0.3, 0.4) is 0 Å². The molecular weight excluding hydrogens is 150 g/mol. The Labute approximate surface area is 64.4 Å². The van der Waals surface area contributed by atoms with Crippen LogP contribution < -0.4 is 5.73 Å². The van der Waals surface area contributed by atoms with Crippen LogP contribution >= 0.6 is 0 Å². The van der Waals surface area contributed by atoms with Crippen LogP contribution in [0.25, 0.3) is 0 Å². The topological polar surface area (TPSA) is 104 Å². The van der Waals surface area contributed by atoms with Crippen molar-refractivity contribution in [3.8, 4) is 0 Å². The van der Waals surface area contributed by atoms with Crippen molar-refractivity contribution in [3.05, 3.63) is 0 Å². The van der Waals surface area contributed by atoms with Crippen molar-refractivity contribution < 1.29 is 20.1 Å². The Bertz CT molecular complexity index is 144. The Morgan fingerprint density at radius 2 is 1.91 bits per heavy atom. The summed E-state index contributed by atoms with van der Waals surface area (Å²) in [5.74, 6) is -1.23. The molecule has 0 bridgehead atoms. The summed E-state index contributed by atoms with van der Waals surface area (Å²) in [6, 6.07) is -1.24. The van der Waals surface area contributed by atoms with Crippen LogP contribution in [0.4, 0.5) is 0 Å². The maximum Gasteiger partial charge on any atom is 0.321 e. The van der Waals surface area contributed by atoms with Crippen LogP contribution in [-0.2, 0) is 4.79 Å². The lowest BCUT2D eigenvalue weighted by Gasteiger charge is -2.28. The normalized spacial score (nSPS) is 14.5. The first-order chi connectivity index (χ1) is 4.98. The Morgan fingerprint density at radius 1 is 1.55 bits per heavy atom. The van der Waals surface area contributed by atoms with E-state index in [4.69, 9.17) is 21.1 Å². The molecule has 0 amide bonds. The van der Waals surface area contributed by atoms with E-state index in [1.54, 1.807) is 0 Å². The van der Waals surface area contributed by atoms with Gasteiger partial charge < -0.3 is 21.1 Å². The lowest BCUT2D eigenvalue weighted by Crippen LogP contribution is -2.50. The second-order valence-electron chi connectivity index (χ2n) is 2.79. The highest BCUT2D eigenvalue weighted by atomic mass is 16.4. The molecule has 0 aliphatic carbocycles. The molecule has 1 atom stereocenters. The quantitative estimate of drug-likeness (QED) is 0.399. The minimum Gasteiger partial charge on any atom is -0.480 e. The predicted octanol–water partition coefficient (Wildman–Crippen LogP) is -1.61. The van der Waals surface area contributed by atoms with Crippen molar-refractivity contribution in [2.24, 2.45) is 11.1 Å². The molecule has 5 heteroatoms. The SMILES string of the molecule is CC(CO)(CO)C(N)C(=O)O. The maximum absolute atomic E-state index is 10.3. The second kappa shape index (κ2) is 3.66. The summed E-state index contributed by atoms with van der Waals surface area (Å²) in [5, 5.41) is 25.8. The third-order valence-corrected chi connectivity index (χ3v) is 1.74. The van der Waals surface area contributed by atoms with Gasteiger partial charge in [-0.05, 0) is 0 Å². The Morgan fingerprint density at radius 3 is 2.00 bits per heavy atom. The fourth-order valence-electron chi connectivity index (χ4n) is 0.545. The number of aliphatic hydroxyl groups excluding tert-OH is 2. The molecule has 5 N–H and O–H groups in total. The standard InChI is InChI=1S/C6H13NO4/c1-6(2-8,3-9)4(7)5(10)11/h4,8-9H,2-3,7H2,1H3,(H,10,11). The van der Waals surface area contributed by atoms with E-state index in [9.17, 15) is 4.79 Å². The highest BCUT2D eigenvalue weighted by Gasteiger charge is 2.35. The van der Waals surface area contributed by atoms with Gasteiger partial charge in [-0.25, -0.2) is 0 Å². The van der Waals surface area contributed by atoms with E-state index >= 15 is 0 Å². The first kappa shape index (κ1) is 10.3. The molecule has 0 spiro atoms. The monoisotopic (exact) mass is 163 g/mol. The smallest absolute Gasteiger partial charge is 0.321 e. The van der Waals surface area contributed by atoms with E-state index in [2.05, 4.69) is 0 Å². The van der Waals surface area contributed by atoms with E-state index in [-0.39, 0.29) is 0 Å². The third-order valence-electron chi connectivity index (χ3n) is 1.74. The zero-order chi connectivity index (χ0) is 9.07. The number of carboxylic acids is 1. The Kier molecular flexibility index (Phi) is 3.44. The summed E-state index contributed by atoms with van der Waals surface area (Å²) in [5.41, 5.74) is 4.05. The van der Waals surface area contributed by atoms with Crippen LogP contribution in [0.15, 0.2) is 0 Å². The van der Waals surface area contributed by atoms with Gasteiger partial charge in [-0.2, -0.15) is 0 Å². The molecule has 0 aromatic rings. The molecule has 0 radical (unpaired) electrons. The molecule has 0 fully saturated rings. The zero-order valence-electron chi connectivity index (χ0n) is 6.32. The summed E-state index contributed by atoms with van der Waals surface area (Å²) in [7, 11) is 0. The maximum atomic E-state index is 10.3. The van der Waals surface area contributed by atoms with Crippen molar-refractivity contribution >= 4 is 5.97 Å². The predicted molar refractivity (Wildman–Crippen MR) is 37.9 cm³/mol.